The molecule has 2 aromatic carbocycles. The van der Waals surface area contributed by atoms with Gasteiger partial charge < -0.3 is 4.18 Å². The summed E-state index contributed by atoms with van der Waals surface area (Å²) >= 11 is 3.31. The second kappa shape index (κ2) is 5.81. The average Bonchev–Trinajstić information content (AvgIpc) is 2.39. The van der Waals surface area contributed by atoms with Gasteiger partial charge in [-0.25, -0.2) is 0 Å². The topological polar surface area (TPSA) is 43.4 Å². The number of benzene rings is 2. The van der Waals surface area contributed by atoms with Crippen LogP contribution in [0.2, 0.25) is 0 Å². The first-order valence-electron chi connectivity index (χ1n) is 5.84. The van der Waals surface area contributed by atoms with Crippen molar-refractivity contribution in [1.29, 1.82) is 0 Å². The van der Waals surface area contributed by atoms with Crippen LogP contribution < -0.4 is 0 Å². The van der Waals surface area contributed by atoms with E-state index in [9.17, 15) is 8.42 Å². The quantitative estimate of drug-likeness (QED) is 0.613. The highest BCUT2D eigenvalue weighted by molar-refractivity contribution is 9.10. The van der Waals surface area contributed by atoms with Gasteiger partial charge in [-0.3, -0.25) is 0 Å². The summed E-state index contributed by atoms with van der Waals surface area (Å²) in [6, 6.07) is 13.5. The van der Waals surface area contributed by atoms with Gasteiger partial charge in [0.1, 0.15) is 10.7 Å². The summed E-state index contributed by atoms with van der Waals surface area (Å²) in [6.07, 6.45) is 0. The Morgan fingerprint density at radius 1 is 1.05 bits per heavy atom. The zero-order chi connectivity index (χ0) is 14.8. The van der Waals surface area contributed by atoms with Crippen LogP contribution in [0.25, 0.3) is 5.76 Å². The predicted octanol–water partition coefficient (Wildman–Crippen LogP) is 4.13. The summed E-state index contributed by atoms with van der Waals surface area (Å²) in [6.45, 7) is 5.55. The summed E-state index contributed by atoms with van der Waals surface area (Å²) in [5, 5.41) is 0. The van der Waals surface area contributed by atoms with Gasteiger partial charge in [0.2, 0.25) is 0 Å². The second-order valence-electron chi connectivity index (χ2n) is 4.28. The maximum absolute atomic E-state index is 12.1. The first-order valence-corrected chi connectivity index (χ1v) is 8.04. The van der Waals surface area contributed by atoms with E-state index >= 15 is 0 Å². The van der Waals surface area contributed by atoms with Gasteiger partial charge in [0, 0.05) is 10.0 Å². The molecule has 0 saturated carbocycles. The Kier molecular flexibility index (Phi) is 4.30. The third-order valence-corrected chi connectivity index (χ3v) is 4.48. The maximum Gasteiger partial charge on any atom is 0.339 e. The molecule has 104 valence electrons. The Labute approximate surface area is 127 Å². The van der Waals surface area contributed by atoms with Crippen molar-refractivity contribution in [3.05, 3.63) is 70.7 Å². The second-order valence-corrected chi connectivity index (χ2v) is 6.74. The summed E-state index contributed by atoms with van der Waals surface area (Å²) < 4.78 is 30.2. The monoisotopic (exact) mass is 352 g/mol. The molecule has 2 rings (SSSR count). The smallest absolute Gasteiger partial charge is 0.339 e. The molecule has 0 aliphatic carbocycles. The van der Waals surface area contributed by atoms with E-state index in [1.165, 1.54) is 12.1 Å². The van der Waals surface area contributed by atoms with Gasteiger partial charge in [-0.1, -0.05) is 52.3 Å². The Morgan fingerprint density at radius 2 is 1.60 bits per heavy atom. The van der Waals surface area contributed by atoms with Crippen molar-refractivity contribution in [3.63, 3.8) is 0 Å². The van der Waals surface area contributed by atoms with Crippen LogP contribution in [0.15, 0.2) is 64.5 Å². The maximum atomic E-state index is 12.1. The lowest BCUT2D eigenvalue weighted by atomic mass is 10.2. The molecule has 0 bridgehead atoms. The van der Waals surface area contributed by atoms with Crippen LogP contribution >= 0.6 is 15.9 Å². The fraction of sp³-hybridized carbons (Fsp3) is 0.0667. The Bertz CT molecular complexity index is 717. The fourth-order valence-electron chi connectivity index (χ4n) is 1.57. The Morgan fingerprint density at radius 3 is 2.15 bits per heavy atom. The van der Waals surface area contributed by atoms with E-state index in [1.807, 2.05) is 6.92 Å². The van der Waals surface area contributed by atoms with Crippen LogP contribution in [0, 0.1) is 6.92 Å². The zero-order valence-corrected chi connectivity index (χ0v) is 13.2. The standard InChI is InChI=1S/C15H13BrO3S/c1-11-3-9-15(10-4-11)20(17,18)19-12(2)13-5-7-14(16)8-6-13/h3-10H,2H2,1H3. The first-order chi connectivity index (χ1) is 9.38. The lowest BCUT2D eigenvalue weighted by Gasteiger charge is -2.10. The SMILES string of the molecule is C=C(OS(=O)(=O)c1ccc(C)cc1)c1ccc(Br)cc1. The van der Waals surface area contributed by atoms with Crippen LogP contribution in [-0.4, -0.2) is 8.42 Å². The molecule has 3 nitrogen and oxygen atoms in total. The molecule has 0 atom stereocenters. The summed E-state index contributed by atoms with van der Waals surface area (Å²) in [4.78, 5) is 0.112. The normalized spacial score (nSPS) is 11.1. The molecule has 0 aliphatic rings. The molecular weight excluding hydrogens is 340 g/mol. The van der Waals surface area contributed by atoms with Gasteiger partial charge >= 0.3 is 10.1 Å². The minimum atomic E-state index is -3.85. The van der Waals surface area contributed by atoms with E-state index in [2.05, 4.69) is 22.5 Å². The molecule has 0 aliphatic heterocycles. The molecule has 0 radical (unpaired) electrons. The molecule has 0 unspecified atom stereocenters. The highest BCUT2D eigenvalue weighted by Crippen LogP contribution is 2.23. The van der Waals surface area contributed by atoms with Gasteiger partial charge in [0.25, 0.3) is 0 Å². The van der Waals surface area contributed by atoms with E-state index in [0.717, 1.165) is 10.0 Å². The number of hydrogen-bond acceptors (Lipinski definition) is 3. The average molecular weight is 353 g/mol. The van der Waals surface area contributed by atoms with E-state index in [1.54, 1.807) is 36.4 Å². The molecule has 0 fully saturated rings. The van der Waals surface area contributed by atoms with E-state index in [4.69, 9.17) is 4.18 Å². The number of rotatable bonds is 4. The molecule has 0 spiro atoms. The fourth-order valence-corrected chi connectivity index (χ4v) is 2.76. The van der Waals surface area contributed by atoms with Crippen molar-refractivity contribution in [2.24, 2.45) is 0 Å². The van der Waals surface area contributed by atoms with Crippen molar-refractivity contribution < 1.29 is 12.6 Å². The molecule has 0 saturated heterocycles. The predicted molar refractivity (Wildman–Crippen MR) is 82.6 cm³/mol. The lowest BCUT2D eigenvalue weighted by molar-refractivity contribution is 0.464. The van der Waals surface area contributed by atoms with Gasteiger partial charge in [0.05, 0.1) is 0 Å². The molecule has 5 heteroatoms. The van der Waals surface area contributed by atoms with Crippen molar-refractivity contribution in [3.8, 4) is 0 Å². The zero-order valence-electron chi connectivity index (χ0n) is 10.8. The first kappa shape index (κ1) is 14.8. The molecule has 2 aromatic rings. The number of halogens is 1. The van der Waals surface area contributed by atoms with E-state index < -0.39 is 10.1 Å². The third-order valence-electron chi connectivity index (χ3n) is 2.69. The van der Waals surface area contributed by atoms with Crippen molar-refractivity contribution in [2.75, 3.05) is 0 Å². The van der Waals surface area contributed by atoms with Crippen molar-refractivity contribution in [2.45, 2.75) is 11.8 Å². The molecule has 0 heterocycles. The summed E-state index contributed by atoms with van der Waals surface area (Å²) in [7, 11) is -3.85. The molecule has 0 N–H and O–H groups in total. The minimum absolute atomic E-state index is 0.0954. The Balaban J connectivity index is 2.22. The molecule has 0 amide bonds. The third kappa shape index (κ3) is 3.49. The largest absolute Gasteiger partial charge is 0.379 e. The van der Waals surface area contributed by atoms with Crippen LogP contribution in [-0.2, 0) is 14.3 Å². The molecule has 0 aromatic heterocycles. The van der Waals surface area contributed by atoms with Crippen LogP contribution in [0.3, 0.4) is 0 Å². The highest BCUT2D eigenvalue weighted by Gasteiger charge is 2.17. The molecule has 20 heavy (non-hydrogen) atoms. The van der Waals surface area contributed by atoms with E-state index in [-0.39, 0.29) is 10.7 Å². The van der Waals surface area contributed by atoms with Crippen molar-refractivity contribution in [1.82, 2.24) is 0 Å². The summed E-state index contributed by atoms with van der Waals surface area (Å²) in [5.74, 6) is 0.0954. The minimum Gasteiger partial charge on any atom is -0.379 e. The number of aryl methyl sites for hydroxylation is 1. The van der Waals surface area contributed by atoms with Gasteiger partial charge in [-0.2, -0.15) is 8.42 Å². The van der Waals surface area contributed by atoms with Crippen LogP contribution in [0.5, 0.6) is 0 Å². The lowest BCUT2D eigenvalue weighted by Crippen LogP contribution is -2.05. The van der Waals surface area contributed by atoms with Crippen LogP contribution in [0.4, 0.5) is 0 Å². The number of hydrogen-bond donors (Lipinski definition) is 0. The van der Waals surface area contributed by atoms with Gasteiger partial charge in [-0.15, -0.1) is 0 Å². The van der Waals surface area contributed by atoms with Crippen molar-refractivity contribution >= 4 is 31.8 Å². The summed E-state index contributed by atoms with van der Waals surface area (Å²) in [5.41, 5.74) is 1.60. The van der Waals surface area contributed by atoms with Gasteiger partial charge in [0.15, 0.2) is 0 Å². The van der Waals surface area contributed by atoms with E-state index in [0.29, 0.717) is 5.56 Å². The Hall–Kier alpha value is -1.59. The highest BCUT2D eigenvalue weighted by atomic mass is 79.9. The van der Waals surface area contributed by atoms with Gasteiger partial charge in [-0.05, 0) is 31.2 Å². The molecular formula is C15H13BrO3S. The van der Waals surface area contributed by atoms with Crippen LogP contribution in [0.1, 0.15) is 11.1 Å².